The van der Waals surface area contributed by atoms with Crippen LogP contribution in [0.3, 0.4) is 0 Å². The van der Waals surface area contributed by atoms with Gasteiger partial charge >= 0.3 is 0 Å². The van der Waals surface area contributed by atoms with Crippen molar-refractivity contribution in [1.82, 2.24) is 19.6 Å². The number of aliphatic imine (C=N–C) groups is 1. The fourth-order valence-electron chi connectivity index (χ4n) is 5.22. The average molecular weight is 505 g/mol. The Balaban J connectivity index is 1.22. The number of anilines is 1. The number of carbonyl (C=O) groups is 1. The Hall–Kier alpha value is -2.65. The van der Waals surface area contributed by atoms with Crippen LogP contribution in [0.15, 0.2) is 56.8 Å². The molecule has 0 fully saturated rings. The number of aromatic nitrogens is 4. The molecule has 0 radical (unpaired) electrons. The SMILES string of the molecule is CCCCC1=N[C@@H]2Sc3c(ncn4c(SCC(=O)Nc5ccc(C)cc5)nnc34)[C@@H]2C2=C1CCC2. The molecule has 1 aliphatic carbocycles. The Morgan fingerprint density at radius 3 is 2.91 bits per heavy atom. The first-order valence-corrected chi connectivity index (χ1v) is 14.2. The lowest BCUT2D eigenvalue weighted by atomic mass is 9.87. The van der Waals surface area contributed by atoms with Gasteiger partial charge in [-0.25, -0.2) is 4.98 Å². The molecular weight excluding hydrogens is 476 g/mol. The fourth-order valence-corrected chi connectivity index (χ4v) is 7.32. The van der Waals surface area contributed by atoms with Gasteiger partial charge in [0.2, 0.25) is 5.91 Å². The van der Waals surface area contributed by atoms with Gasteiger partial charge in [-0.15, -0.1) is 10.2 Å². The third-order valence-electron chi connectivity index (χ3n) is 6.93. The average Bonchev–Trinajstić information content (AvgIpc) is 3.58. The van der Waals surface area contributed by atoms with E-state index in [1.165, 1.54) is 42.3 Å². The van der Waals surface area contributed by atoms with Gasteiger partial charge in [-0.3, -0.25) is 14.2 Å². The van der Waals surface area contributed by atoms with Gasteiger partial charge in [-0.2, -0.15) is 0 Å². The number of benzene rings is 1. The third-order valence-corrected chi connectivity index (χ3v) is 9.12. The number of allylic oxidation sites excluding steroid dienone is 1. The minimum Gasteiger partial charge on any atom is -0.325 e. The molecule has 1 N–H and O–H groups in total. The Labute approximate surface area is 213 Å². The van der Waals surface area contributed by atoms with Crippen LogP contribution >= 0.6 is 23.5 Å². The molecule has 9 heteroatoms. The zero-order valence-electron chi connectivity index (χ0n) is 20.0. The first-order valence-electron chi connectivity index (χ1n) is 12.3. The molecular formula is C26H28N6OS2. The van der Waals surface area contributed by atoms with Crippen LogP contribution in [-0.4, -0.2) is 42.3 Å². The molecule has 2 atom stereocenters. The van der Waals surface area contributed by atoms with Crippen LogP contribution in [0, 0.1) is 6.92 Å². The highest BCUT2D eigenvalue weighted by Crippen LogP contribution is 2.55. The summed E-state index contributed by atoms with van der Waals surface area (Å²) in [5.74, 6) is 0.446. The predicted octanol–water partition coefficient (Wildman–Crippen LogP) is 5.80. The monoisotopic (exact) mass is 504 g/mol. The Morgan fingerprint density at radius 2 is 2.09 bits per heavy atom. The number of amides is 1. The lowest BCUT2D eigenvalue weighted by Crippen LogP contribution is -2.21. The zero-order chi connectivity index (χ0) is 23.9. The first kappa shape index (κ1) is 22.8. The number of fused-ring (bicyclic) bond motifs is 6. The van der Waals surface area contributed by atoms with Crippen molar-refractivity contribution < 1.29 is 4.79 Å². The van der Waals surface area contributed by atoms with Gasteiger partial charge in [-0.1, -0.05) is 60.1 Å². The summed E-state index contributed by atoms with van der Waals surface area (Å²) < 4.78 is 1.92. The number of nitrogens with one attached hydrogen (secondary N) is 1. The zero-order valence-corrected chi connectivity index (χ0v) is 21.6. The quantitative estimate of drug-likeness (QED) is 0.409. The van der Waals surface area contributed by atoms with Gasteiger partial charge < -0.3 is 5.32 Å². The molecule has 0 saturated heterocycles. The van der Waals surface area contributed by atoms with Crippen molar-refractivity contribution in [2.75, 3.05) is 11.1 Å². The van der Waals surface area contributed by atoms with Crippen molar-refractivity contribution in [3.63, 3.8) is 0 Å². The largest absolute Gasteiger partial charge is 0.325 e. The van der Waals surface area contributed by atoms with Gasteiger partial charge in [0.15, 0.2) is 10.8 Å². The van der Waals surface area contributed by atoms with E-state index >= 15 is 0 Å². The van der Waals surface area contributed by atoms with E-state index in [-0.39, 0.29) is 23.0 Å². The van der Waals surface area contributed by atoms with Gasteiger partial charge in [0, 0.05) is 11.4 Å². The highest BCUT2D eigenvalue weighted by Gasteiger charge is 2.44. The maximum absolute atomic E-state index is 12.5. The van der Waals surface area contributed by atoms with E-state index in [0.29, 0.717) is 5.16 Å². The summed E-state index contributed by atoms with van der Waals surface area (Å²) >= 11 is 3.15. The second kappa shape index (κ2) is 9.43. The van der Waals surface area contributed by atoms with Crippen LogP contribution in [0.4, 0.5) is 5.69 Å². The molecule has 35 heavy (non-hydrogen) atoms. The van der Waals surface area contributed by atoms with Crippen LogP contribution in [0.25, 0.3) is 5.65 Å². The van der Waals surface area contributed by atoms with Crippen LogP contribution in [0.1, 0.15) is 62.6 Å². The summed E-state index contributed by atoms with van der Waals surface area (Å²) in [6.07, 6.45) is 8.80. The van der Waals surface area contributed by atoms with E-state index in [1.807, 2.05) is 41.9 Å². The molecule has 2 aromatic heterocycles. The normalized spacial score (nSPS) is 20.6. The minimum absolute atomic E-state index is 0.0697. The van der Waals surface area contributed by atoms with Gasteiger partial charge in [-0.05, 0) is 56.7 Å². The van der Waals surface area contributed by atoms with E-state index in [1.54, 1.807) is 17.3 Å². The molecule has 0 spiro atoms. The van der Waals surface area contributed by atoms with E-state index in [2.05, 4.69) is 22.4 Å². The molecule has 6 rings (SSSR count). The van der Waals surface area contributed by atoms with Crippen molar-refractivity contribution in [2.24, 2.45) is 4.99 Å². The molecule has 0 unspecified atom stereocenters. The molecule has 3 aliphatic rings. The number of aryl methyl sites for hydroxylation is 1. The number of hydrogen-bond acceptors (Lipinski definition) is 7. The molecule has 0 bridgehead atoms. The topological polar surface area (TPSA) is 84.5 Å². The maximum atomic E-state index is 12.5. The van der Waals surface area contributed by atoms with Crippen molar-refractivity contribution in [2.45, 2.75) is 73.7 Å². The summed E-state index contributed by atoms with van der Waals surface area (Å²) in [4.78, 5) is 23.7. The van der Waals surface area contributed by atoms with Gasteiger partial charge in [0.05, 0.1) is 22.3 Å². The molecule has 4 heterocycles. The lowest BCUT2D eigenvalue weighted by Gasteiger charge is -2.26. The predicted molar refractivity (Wildman–Crippen MR) is 142 cm³/mol. The van der Waals surface area contributed by atoms with Crippen LogP contribution in [-0.2, 0) is 4.79 Å². The summed E-state index contributed by atoms with van der Waals surface area (Å²) in [5, 5.41) is 12.7. The number of carbonyl (C=O) groups excluding carboxylic acids is 1. The molecule has 7 nitrogen and oxygen atoms in total. The van der Waals surface area contributed by atoms with Crippen molar-refractivity contribution in [3.8, 4) is 0 Å². The number of nitrogens with zero attached hydrogens (tertiary/aromatic N) is 5. The maximum Gasteiger partial charge on any atom is 0.234 e. The second-order valence-corrected chi connectivity index (χ2v) is 11.4. The highest BCUT2D eigenvalue weighted by molar-refractivity contribution is 8.00. The minimum atomic E-state index is -0.0697. The van der Waals surface area contributed by atoms with E-state index in [0.717, 1.165) is 46.7 Å². The lowest BCUT2D eigenvalue weighted by molar-refractivity contribution is -0.113. The number of rotatable bonds is 7. The number of unbranched alkanes of at least 4 members (excludes halogenated alkanes) is 1. The second-order valence-electron chi connectivity index (χ2n) is 9.36. The third kappa shape index (κ3) is 4.18. The van der Waals surface area contributed by atoms with E-state index in [9.17, 15) is 4.79 Å². The van der Waals surface area contributed by atoms with Crippen molar-refractivity contribution in [1.29, 1.82) is 0 Å². The van der Waals surface area contributed by atoms with Crippen molar-refractivity contribution >= 4 is 46.5 Å². The van der Waals surface area contributed by atoms with Crippen LogP contribution < -0.4 is 5.32 Å². The Kier molecular flexibility index (Phi) is 6.14. The molecule has 180 valence electrons. The molecule has 3 aromatic rings. The molecule has 0 saturated carbocycles. The van der Waals surface area contributed by atoms with Gasteiger partial charge in [0.25, 0.3) is 0 Å². The number of hydrogen-bond donors (Lipinski definition) is 1. The van der Waals surface area contributed by atoms with Crippen LogP contribution in [0.5, 0.6) is 0 Å². The first-order chi connectivity index (χ1) is 17.1. The number of dihydropyridines is 1. The summed E-state index contributed by atoms with van der Waals surface area (Å²) in [5.41, 5.74) is 8.27. The highest BCUT2D eigenvalue weighted by atomic mass is 32.2. The van der Waals surface area contributed by atoms with Crippen LogP contribution in [0.2, 0.25) is 0 Å². The smallest absolute Gasteiger partial charge is 0.234 e. The van der Waals surface area contributed by atoms with Crippen molar-refractivity contribution in [3.05, 3.63) is 53.0 Å². The molecule has 2 aliphatic heterocycles. The molecule has 1 amide bonds. The summed E-state index contributed by atoms with van der Waals surface area (Å²) in [6, 6.07) is 7.79. The van der Waals surface area contributed by atoms with E-state index < -0.39 is 0 Å². The Bertz CT molecular complexity index is 1360. The van der Waals surface area contributed by atoms with Gasteiger partial charge in [0.1, 0.15) is 11.7 Å². The summed E-state index contributed by atoms with van der Waals surface area (Å²) in [7, 11) is 0. The fraction of sp³-hybridized carbons (Fsp3) is 0.423. The standard InChI is InChI=1S/C26H28N6OS2/c1-3-4-8-19-17-6-5-7-18(17)21-22-23(35-25(21)29-19)24-30-31-26(32(24)14-27-22)34-13-20(33)28-16-11-9-15(2)10-12-16/h9-12,14,21,25H,3-8,13H2,1-2H3,(H,28,33)/t21-,25+/m0/s1. The summed E-state index contributed by atoms with van der Waals surface area (Å²) in [6.45, 7) is 4.27. The Morgan fingerprint density at radius 1 is 1.23 bits per heavy atom. The van der Waals surface area contributed by atoms with E-state index in [4.69, 9.17) is 9.98 Å². The number of thioether (sulfide) groups is 2. The molecule has 1 aromatic carbocycles.